The van der Waals surface area contributed by atoms with Crippen molar-refractivity contribution < 1.29 is 8.42 Å². The van der Waals surface area contributed by atoms with Crippen LogP contribution < -0.4 is 5.73 Å². The van der Waals surface area contributed by atoms with Crippen LogP contribution in [-0.4, -0.2) is 36.8 Å². The minimum Gasteiger partial charge on any atom is -0.327 e. The first-order chi connectivity index (χ1) is 9.59. The number of sulfonamides is 1. The Morgan fingerprint density at radius 2 is 2.10 bits per heavy atom. The molecular weight excluding hydrogens is 310 g/mol. The maximum atomic E-state index is 12.8. The fourth-order valence-electron chi connectivity index (χ4n) is 2.65. The minimum atomic E-state index is -3.50. The SMILES string of the molecule is Cl.N[C@@H]1CCCN(S(=O)(=O)c2cccc3cnccc23)C1. The van der Waals surface area contributed by atoms with Crippen molar-refractivity contribution >= 4 is 33.2 Å². The number of halogens is 1. The summed E-state index contributed by atoms with van der Waals surface area (Å²) in [5.41, 5.74) is 5.90. The number of nitrogens with two attached hydrogens (primary N) is 1. The van der Waals surface area contributed by atoms with Gasteiger partial charge in [-0.1, -0.05) is 12.1 Å². The third-order valence-electron chi connectivity index (χ3n) is 3.68. The molecule has 0 aliphatic carbocycles. The Morgan fingerprint density at radius 3 is 2.86 bits per heavy atom. The normalized spacial score (nSPS) is 20.1. The Bertz CT molecular complexity index is 731. The van der Waals surface area contributed by atoms with Crippen LogP contribution in [0.5, 0.6) is 0 Å². The van der Waals surface area contributed by atoms with Gasteiger partial charge < -0.3 is 5.73 Å². The van der Waals surface area contributed by atoms with Gasteiger partial charge in [-0.3, -0.25) is 4.98 Å². The van der Waals surface area contributed by atoms with Gasteiger partial charge in [0.25, 0.3) is 0 Å². The van der Waals surface area contributed by atoms with Crippen molar-refractivity contribution in [3.05, 3.63) is 36.7 Å². The van der Waals surface area contributed by atoms with E-state index in [9.17, 15) is 8.42 Å². The van der Waals surface area contributed by atoms with Gasteiger partial charge in [0.05, 0.1) is 4.90 Å². The van der Waals surface area contributed by atoms with E-state index in [0.717, 1.165) is 18.2 Å². The molecule has 1 saturated heterocycles. The Morgan fingerprint density at radius 1 is 1.29 bits per heavy atom. The van der Waals surface area contributed by atoms with Gasteiger partial charge in [0, 0.05) is 42.3 Å². The number of piperidine rings is 1. The van der Waals surface area contributed by atoms with E-state index in [1.165, 1.54) is 4.31 Å². The molecule has 1 aromatic carbocycles. The monoisotopic (exact) mass is 327 g/mol. The molecule has 5 nitrogen and oxygen atoms in total. The fraction of sp³-hybridized carbons (Fsp3) is 0.357. The molecule has 1 aliphatic heterocycles. The van der Waals surface area contributed by atoms with Crippen LogP contribution in [0.4, 0.5) is 0 Å². The smallest absolute Gasteiger partial charge is 0.243 e. The first kappa shape index (κ1) is 16.2. The van der Waals surface area contributed by atoms with Gasteiger partial charge in [0.2, 0.25) is 10.0 Å². The van der Waals surface area contributed by atoms with Crippen LogP contribution in [0.15, 0.2) is 41.6 Å². The molecule has 0 amide bonds. The van der Waals surface area contributed by atoms with Crippen molar-refractivity contribution in [1.29, 1.82) is 0 Å². The number of rotatable bonds is 2. The quantitative estimate of drug-likeness (QED) is 0.912. The van der Waals surface area contributed by atoms with Gasteiger partial charge in [-0.25, -0.2) is 8.42 Å². The zero-order valence-corrected chi connectivity index (χ0v) is 13.1. The molecule has 21 heavy (non-hydrogen) atoms. The molecule has 1 atom stereocenters. The third-order valence-corrected chi connectivity index (χ3v) is 5.60. The molecule has 7 heteroatoms. The van der Waals surface area contributed by atoms with Crippen LogP contribution in [0.2, 0.25) is 0 Å². The number of hydrogen-bond acceptors (Lipinski definition) is 4. The summed E-state index contributed by atoms with van der Waals surface area (Å²) in [6, 6.07) is 6.93. The van der Waals surface area contributed by atoms with Crippen molar-refractivity contribution in [1.82, 2.24) is 9.29 Å². The molecule has 0 unspecified atom stereocenters. The topological polar surface area (TPSA) is 76.3 Å². The van der Waals surface area contributed by atoms with E-state index in [2.05, 4.69) is 4.98 Å². The maximum absolute atomic E-state index is 12.8. The molecule has 114 valence electrons. The highest BCUT2D eigenvalue weighted by molar-refractivity contribution is 7.89. The van der Waals surface area contributed by atoms with Crippen LogP contribution in [-0.2, 0) is 10.0 Å². The summed E-state index contributed by atoms with van der Waals surface area (Å²) in [6.45, 7) is 0.932. The molecule has 1 fully saturated rings. The Labute approximate surface area is 130 Å². The van der Waals surface area contributed by atoms with E-state index in [4.69, 9.17) is 5.73 Å². The predicted octanol–water partition coefficient (Wildman–Crippen LogP) is 1.77. The van der Waals surface area contributed by atoms with E-state index in [0.29, 0.717) is 23.4 Å². The predicted molar refractivity (Wildman–Crippen MR) is 85.0 cm³/mol. The van der Waals surface area contributed by atoms with Crippen molar-refractivity contribution in [3.8, 4) is 0 Å². The van der Waals surface area contributed by atoms with Crippen molar-refractivity contribution in [2.24, 2.45) is 5.73 Å². The molecule has 0 bridgehead atoms. The molecule has 2 heterocycles. The lowest BCUT2D eigenvalue weighted by Crippen LogP contribution is -2.45. The summed E-state index contributed by atoms with van der Waals surface area (Å²) < 4.78 is 27.1. The van der Waals surface area contributed by atoms with E-state index in [1.807, 2.05) is 6.07 Å². The van der Waals surface area contributed by atoms with Gasteiger partial charge in [0.1, 0.15) is 0 Å². The molecule has 1 aromatic heterocycles. The highest BCUT2D eigenvalue weighted by atomic mass is 35.5. The van der Waals surface area contributed by atoms with Crippen LogP contribution in [0, 0.1) is 0 Å². The molecule has 1 aliphatic rings. The van der Waals surface area contributed by atoms with Gasteiger partial charge in [-0.15, -0.1) is 12.4 Å². The molecule has 0 spiro atoms. The van der Waals surface area contributed by atoms with E-state index >= 15 is 0 Å². The second-order valence-corrected chi connectivity index (χ2v) is 7.02. The molecule has 2 N–H and O–H groups in total. The second kappa shape index (κ2) is 6.27. The van der Waals surface area contributed by atoms with E-state index in [-0.39, 0.29) is 18.4 Å². The number of pyridine rings is 1. The van der Waals surface area contributed by atoms with Crippen LogP contribution in [0.1, 0.15) is 12.8 Å². The zero-order valence-electron chi connectivity index (χ0n) is 11.5. The number of fused-ring (bicyclic) bond motifs is 1. The lowest BCUT2D eigenvalue weighted by atomic mass is 10.1. The second-order valence-electron chi connectivity index (χ2n) is 5.12. The van der Waals surface area contributed by atoms with Crippen LogP contribution in [0.3, 0.4) is 0 Å². The standard InChI is InChI=1S/C14H17N3O2S.ClH/c15-12-4-2-8-17(10-12)20(18,19)14-5-1-3-11-9-16-7-6-13(11)14;/h1,3,5-7,9,12H,2,4,8,10,15H2;1H/t12-;/m1./s1. The summed E-state index contributed by atoms with van der Waals surface area (Å²) in [4.78, 5) is 4.37. The van der Waals surface area contributed by atoms with Crippen molar-refractivity contribution in [2.45, 2.75) is 23.8 Å². The Hall–Kier alpha value is -1.21. The van der Waals surface area contributed by atoms with E-state index in [1.54, 1.807) is 30.6 Å². The van der Waals surface area contributed by atoms with Gasteiger partial charge in [-0.05, 0) is 25.0 Å². The average Bonchev–Trinajstić information content (AvgIpc) is 2.46. The molecular formula is C14H18ClN3O2S. The summed E-state index contributed by atoms with van der Waals surface area (Å²) in [5, 5.41) is 1.54. The lowest BCUT2D eigenvalue weighted by molar-refractivity contribution is 0.316. The Balaban J connectivity index is 0.00000161. The number of benzene rings is 1. The Kier molecular flexibility index (Phi) is 4.83. The number of hydrogen-bond donors (Lipinski definition) is 1. The summed E-state index contributed by atoms with van der Waals surface area (Å²) in [7, 11) is -3.50. The highest BCUT2D eigenvalue weighted by Gasteiger charge is 2.29. The largest absolute Gasteiger partial charge is 0.327 e. The van der Waals surface area contributed by atoms with E-state index < -0.39 is 10.0 Å². The van der Waals surface area contributed by atoms with Gasteiger partial charge in [0.15, 0.2) is 0 Å². The van der Waals surface area contributed by atoms with Crippen molar-refractivity contribution in [3.63, 3.8) is 0 Å². The third kappa shape index (κ3) is 3.03. The molecule has 2 aromatic rings. The van der Waals surface area contributed by atoms with Gasteiger partial charge in [-0.2, -0.15) is 4.31 Å². The van der Waals surface area contributed by atoms with Crippen LogP contribution >= 0.6 is 12.4 Å². The molecule has 3 rings (SSSR count). The first-order valence-corrected chi connectivity index (χ1v) is 8.11. The first-order valence-electron chi connectivity index (χ1n) is 6.67. The zero-order chi connectivity index (χ0) is 14.2. The number of aromatic nitrogens is 1. The fourth-order valence-corrected chi connectivity index (χ4v) is 4.40. The summed E-state index contributed by atoms with van der Waals surface area (Å²) in [6.07, 6.45) is 4.98. The van der Waals surface area contributed by atoms with Crippen LogP contribution in [0.25, 0.3) is 10.8 Å². The maximum Gasteiger partial charge on any atom is 0.243 e. The average molecular weight is 328 g/mol. The van der Waals surface area contributed by atoms with Gasteiger partial charge >= 0.3 is 0 Å². The summed E-state index contributed by atoms with van der Waals surface area (Å²) in [5.74, 6) is 0. The minimum absolute atomic E-state index is 0. The number of nitrogens with zero attached hydrogens (tertiary/aromatic N) is 2. The molecule has 0 saturated carbocycles. The lowest BCUT2D eigenvalue weighted by Gasteiger charge is -2.30. The van der Waals surface area contributed by atoms with Crippen molar-refractivity contribution in [2.75, 3.05) is 13.1 Å². The highest BCUT2D eigenvalue weighted by Crippen LogP contribution is 2.26. The molecule has 0 radical (unpaired) electrons. The summed E-state index contributed by atoms with van der Waals surface area (Å²) >= 11 is 0.